The predicted molar refractivity (Wildman–Crippen MR) is 83.1 cm³/mol. The lowest BCUT2D eigenvalue weighted by Crippen LogP contribution is -2.03. The van der Waals surface area contributed by atoms with E-state index in [4.69, 9.17) is 22.2 Å². The van der Waals surface area contributed by atoms with Crippen molar-refractivity contribution in [2.45, 2.75) is 17.7 Å². The summed E-state index contributed by atoms with van der Waals surface area (Å²) in [7, 11) is 4.95. The summed E-state index contributed by atoms with van der Waals surface area (Å²) < 4.78 is 10.9. The zero-order valence-corrected chi connectivity index (χ0v) is 13.6. The van der Waals surface area contributed by atoms with Crippen molar-refractivity contribution in [1.29, 1.82) is 0 Å². The molecule has 1 N–H and O–H groups in total. The van der Waals surface area contributed by atoms with Crippen molar-refractivity contribution in [2.24, 2.45) is 0 Å². The third-order valence-electron chi connectivity index (χ3n) is 3.15. The summed E-state index contributed by atoms with van der Waals surface area (Å²) in [4.78, 5) is 1.98. The van der Waals surface area contributed by atoms with Gasteiger partial charge in [-0.3, -0.25) is 0 Å². The van der Waals surface area contributed by atoms with Gasteiger partial charge in [-0.1, -0.05) is 37.9 Å². The maximum absolute atomic E-state index is 8.30. The van der Waals surface area contributed by atoms with Gasteiger partial charge in [-0.05, 0) is 36.1 Å². The molecular weight excluding hydrogens is 336 g/mol. The van der Waals surface area contributed by atoms with Gasteiger partial charge in [0, 0.05) is 5.56 Å². The van der Waals surface area contributed by atoms with E-state index in [0.717, 1.165) is 39.2 Å². The summed E-state index contributed by atoms with van der Waals surface area (Å²) in [6, 6.07) is 4.00. The molecule has 0 radical (unpaired) electrons. The Bertz CT molecular complexity index is 691. The third-order valence-corrected chi connectivity index (χ3v) is 6.96. The van der Waals surface area contributed by atoms with Gasteiger partial charge in [0.05, 0.1) is 28.9 Å². The summed E-state index contributed by atoms with van der Waals surface area (Å²) in [5, 5.41) is 12.0. The Hall–Kier alpha value is -0.480. The lowest BCUT2D eigenvalue weighted by atomic mass is 9.92. The normalized spacial score (nSPS) is 12.9. The van der Waals surface area contributed by atoms with E-state index in [-0.39, 0.29) is 0 Å². The Morgan fingerprint density at radius 3 is 2.90 bits per heavy atom. The highest BCUT2D eigenvalue weighted by molar-refractivity contribution is 7.94. The summed E-state index contributed by atoms with van der Waals surface area (Å²) in [6.07, 6.45) is 1.93. The average molecular weight is 346 g/mol. The minimum Gasteiger partial charge on any atom is -0.495 e. The quantitative estimate of drug-likeness (QED) is 0.284. The van der Waals surface area contributed by atoms with Gasteiger partial charge < -0.3 is 4.74 Å². The van der Waals surface area contributed by atoms with Crippen LogP contribution in [0.5, 0.6) is 5.75 Å². The summed E-state index contributed by atoms with van der Waals surface area (Å²) in [5.74, 6) is 0.702. The zero-order valence-electron chi connectivity index (χ0n) is 10.4. The van der Waals surface area contributed by atoms with Crippen molar-refractivity contribution >= 4 is 44.9 Å². The fourth-order valence-electron chi connectivity index (χ4n) is 2.25. The van der Waals surface area contributed by atoms with E-state index in [2.05, 4.69) is 9.37 Å². The summed E-state index contributed by atoms with van der Waals surface area (Å²) in [6.45, 7) is 0. The second-order valence-electron chi connectivity index (χ2n) is 4.15. The van der Waals surface area contributed by atoms with Crippen LogP contribution < -0.4 is 4.74 Å². The molecule has 0 fully saturated rings. The van der Waals surface area contributed by atoms with Crippen LogP contribution in [0.4, 0.5) is 0 Å². The molecule has 1 aliphatic carbocycles. The van der Waals surface area contributed by atoms with E-state index in [1.54, 1.807) is 27.8 Å². The van der Waals surface area contributed by atoms with Crippen molar-refractivity contribution in [3.05, 3.63) is 27.1 Å². The highest BCUT2D eigenvalue weighted by atomic mass is 32.9. The van der Waals surface area contributed by atoms with E-state index in [1.807, 2.05) is 12.1 Å². The summed E-state index contributed by atoms with van der Waals surface area (Å²) >= 11 is 6.28. The van der Waals surface area contributed by atoms with Gasteiger partial charge >= 0.3 is 0 Å². The van der Waals surface area contributed by atoms with Crippen LogP contribution in [0, 0.1) is 3.82 Å². The monoisotopic (exact) mass is 346 g/mol. The average Bonchev–Trinajstić information content (AvgIpc) is 2.86. The van der Waals surface area contributed by atoms with E-state index >= 15 is 0 Å². The number of aryl methyl sites for hydroxylation is 1. The SMILES string of the molecule is COc1cc2c(cc1SOOO)-c1ssc(=S)c1CC2. The van der Waals surface area contributed by atoms with Crippen molar-refractivity contribution in [2.75, 3.05) is 7.11 Å². The van der Waals surface area contributed by atoms with Gasteiger partial charge in [0.2, 0.25) is 0 Å². The largest absolute Gasteiger partial charge is 0.495 e. The van der Waals surface area contributed by atoms with Gasteiger partial charge in [-0.25, -0.2) is 5.26 Å². The van der Waals surface area contributed by atoms with Gasteiger partial charge in [0.25, 0.3) is 0 Å². The van der Waals surface area contributed by atoms with Crippen molar-refractivity contribution in [3.8, 4) is 16.2 Å². The minimum absolute atomic E-state index is 0.702. The maximum atomic E-state index is 8.30. The molecule has 0 atom stereocenters. The highest BCUT2D eigenvalue weighted by Gasteiger charge is 2.22. The molecule has 0 spiro atoms. The van der Waals surface area contributed by atoms with E-state index in [0.29, 0.717) is 5.75 Å². The molecule has 0 saturated carbocycles. The van der Waals surface area contributed by atoms with Crippen molar-refractivity contribution < 1.29 is 19.4 Å². The minimum atomic E-state index is 0.702. The van der Waals surface area contributed by atoms with Gasteiger partial charge in [-0.2, -0.15) is 0 Å². The molecule has 1 aromatic heterocycles. The zero-order chi connectivity index (χ0) is 14.1. The van der Waals surface area contributed by atoms with E-state index in [1.165, 1.54) is 16.0 Å². The lowest BCUT2D eigenvalue weighted by Gasteiger charge is -2.18. The smallest absolute Gasteiger partial charge is 0.135 e. The molecule has 2 aromatic rings. The van der Waals surface area contributed by atoms with Crippen LogP contribution in [0.3, 0.4) is 0 Å². The number of hydrogen-bond donors (Lipinski definition) is 1. The molecule has 0 unspecified atom stereocenters. The molecule has 1 aliphatic rings. The first-order valence-electron chi connectivity index (χ1n) is 5.72. The second kappa shape index (κ2) is 6.10. The molecule has 1 heterocycles. The van der Waals surface area contributed by atoms with Crippen LogP contribution in [-0.2, 0) is 22.2 Å². The molecule has 0 amide bonds. The number of hydrogen-bond acceptors (Lipinski definition) is 8. The Morgan fingerprint density at radius 2 is 2.15 bits per heavy atom. The number of methoxy groups -OCH3 is 1. The van der Waals surface area contributed by atoms with Crippen LogP contribution in [-0.4, -0.2) is 12.4 Å². The lowest BCUT2D eigenvalue weighted by molar-refractivity contribution is -0.432. The molecule has 1 aromatic carbocycles. The molecule has 106 valence electrons. The van der Waals surface area contributed by atoms with Crippen LogP contribution in [0.15, 0.2) is 17.0 Å². The number of rotatable bonds is 4. The van der Waals surface area contributed by atoms with Gasteiger partial charge in [0.15, 0.2) is 0 Å². The van der Waals surface area contributed by atoms with Crippen molar-refractivity contribution in [3.63, 3.8) is 0 Å². The first-order valence-corrected chi connectivity index (χ1v) is 9.02. The van der Waals surface area contributed by atoms with E-state index in [9.17, 15) is 0 Å². The fourth-order valence-corrected chi connectivity index (χ4v) is 5.78. The molecule has 0 aliphatic heterocycles. The molecule has 4 nitrogen and oxygen atoms in total. The Kier molecular flexibility index (Phi) is 4.41. The number of fused-ring (bicyclic) bond motifs is 3. The van der Waals surface area contributed by atoms with Gasteiger partial charge in [-0.15, -0.1) is 4.33 Å². The van der Waals surface area contributed by atoms with Crippen LogP contribution in [0.25, 0.3) is 10.4 Å². The maximum Gasteiger partial charge on any atom is 0.135 e. The standard InChI is InChI=1S/C12H10O4S4/c1-14-9-4-6-2-3-7-11(19-20-12(7)17)8(6)5-10(9)18-16-15-13/h4-5,13H,2-3H2,1H3. The van der Waals surface area contributed by atoms with Crippen LogP contribution in [0.1, 0.15) is 11.1 Å². The first kappa shape index (κ1) is 14.5. The topological polar surface area (TPSA) is 47.9 Å². The second-order valence-corrected chi connectivity index (χ2v) is 7.71. The predicted octanol–water partition coefficient (Wildman–Crippen LogP) is 4.74. The molecule has 3 rings (SSSR count). The van der Waals surface area contributed by atoms with Crippen molar-refractivity contribution in [1.82, 2.24) is 0 Å². The Labute approximate surface area is 132 Å². The van der Waals surface area contributed by atoms with Crippen LogP contribution >= 0.6 is 44.9 Å². The number of benzene rings is 1. The highest BCUT2D eigenvalue weighted by Crippen LogP contribution is 2.45. The molecule has 0 bridgehead atoms. The molecule has 20 heavy (non-hydrogen) atoms. The molecular formula is C12H10O4S4. The Morgan fingerprint density at radius 1 is 1.30 bits per heavy atom. The van der Waals surface area contributed by atoms with E-state index < -0.39 is 0 Å². The molecule has 0 saturated heterocycles. The number of ether oxygens (including phenoxy) is 1. The molecule has 8 heteroatoms. The fraction of sp³-hybridized carbons (Fsp3) is 0.250. The van der Waals surface area contributed by atoms with Crippen LogP contribution in [0.2, 0.25) is 0 Å². The Balaban J connectivity index is 2.11. The first-order chi connectivity index (χ1) is 9.74. The summed E-state index contributed by atoms with van der Waals surface area (Å²) in [5.41, 5.74) is 3.67. The van der Waals surface area contributed by atoms with Gasteiger partial charge in [0.1, 0.15) is 9.57 Å². The third kappa shape index (κ3) is 2.52.